The number of carbonyl (C=O) groups is 5. The van der Waals surface area contributed by atoms with Gasteiger partial charge in [0, 0.05) is 6.42 Å². The lowest BCUT2D eigenvalue weighted by Crippen LogP contribution is -2.56. The van der Waals surface area contributed by atoms with Crippen molar-refractivity contribution in [2.24, 2.45) is 5.92 Å². The Morgan fingerprint density at radius 1 is 1.11 bits per heavy atom. The molecular weight excluding hydrogens is 589 g/mol. The van der Waals surface area contributed by atoms with Gasteiger partial charge in [0.05, 0.1) is 24.5 Å². The van der Waals surface area contributed by atoms with Crippen molar-refractivity contribution in [2.45, 2.75) is 121 Å². The normalized spacial score (nSPS) is 28.2. The molecule has 0 radical (unpaired) electrons. The number of carbonyl (C=O) groups excluding carboxylic acids is 4. The standard InChI is InChI=1S/C31H44FN5O8/c1-18(22-13-12-20(32)16-33-22)34-28(42)44-21-14-24-25(38)36-31(27(40)41)15-19(31)10-8-6-5-7-9-11-23(26(39)37(24)17-21)35-29(43)45-30(2,3)4/h12-13,16,18-19,21,23-24H,5-11,14-15,17H2,1-4H3,(H,34,42)(H,35,43)(H,36,38)(H,40,41)/t18-,19-,21-,23+,24+,31-/m1/s1. The van der Waals surface area contributed by atoms with Gasteiger partial charge < -0.3 is 35.4 Å². The topological polar surface area (TPSA) is 176 Å². The SMILES string of the molecule is C[C@@H](NC(=O)O[C@@H]1C[C@H]2C(=O)N[C@]3(C(=O)O)C[C@H]3CCCCCCC[C@H](NC(=O)OC(C)(C)C)C(=O)N2C1)c1ccc(F)cn1. The zero-order valence-electron chi connectivity index (χ0n) is 26.3. The van der Waals surface area contributed by atoms with Crippen LogP contribution in [0.4, 0.5) is 14.0 Å². The Bertz CT molecular complexity index is 1270. The summed E-state index contributed by atoms with van der Waals surface area (Å²) in [5.41, 5.74) is -1.81. The largest absolute Gasteiger partial charge is 0.479 e. The molecule has 2 saturated heterocycles. The minimum atomic E-state index is -1.41. The van der Waals surface area contributed by atoms with E-state index < -0.39 is 71.2 Å². The van der Waals surface area contributed by atoms with Crippen LogP contribution in [0.25, 0.3) is 0 Å². The lowest BCUT2D eigenvalue weighted by atomic mass is 10.0. The van der Waals surface area contributed by atoms with Gasteiger partial charge in [0.1, 0.15) is 35.1 Å². The van der Waals surface area contributed by atoms with E-state index in [4.69, 9.17) is 9.47 Å². The first kappa shape index (κ1) is 33.9. The molecule has 0 aromatic carbocycles. The molecule has 0 bridgehead atoms. The van der Waals surface area contributed by atoms with E-state index in [1.165, 1.54) is 17.0 Å². The lowest BCUT2D eigenvalue weighted by Gasteiger charge is -2.30. The first-order chi connectivity index (χ1) is 21.2. The lowest BCUT2D eigenvalue weighted by molar-refractivity contribution is -0.146. The minimum absolute atomic E-state index is 0.0757. The van der Waals surface area contributed by atoms with Crippen LogP contribution in [0.15, 0.2) is 18.3 Å². The van der Waals surface area contributed by atoms with E-state index in [2.05, 4.69) is 20.9 Å². The van der Waals surface area contributed by atoms with Crippen molar-refractivity contribution in [3.05, 3.63) is 29.8 Å². The van der Waals surface area contributed by atoms with Gasteiger partial charge in [0.2, 0.25) is 11.8 Å². The van der Waals surface area contributed by atoms with E-state index in [-0.39, 0.29) is 18.9 Å². The second kappa shape index (κ2) is 14.0. The summed E-state index contributed by atoms with van der Waals surface area (Å²) >= 11 is 0. The quantitative estimate of drug-likeness (QED) is 0.378. The molecule has 0 spiro atoms. The van der Waals surface area contributed by atoms with Gasteiger partial charge in [-0.05, 0) is 65.0 Å². The molecule has 1 saturated carbocycles. The number of aliphatic carboxylic acids is 1. The molecule has 1 aromatic rings. The van der Waals surface area contributed by atoms with Crippen molar-refractivity contribution in [1.82, 2.24) is 25.8 Å². The van der Waals surface area contributed by atoms with E-state index >= 15 is 0 Å². The third-order valence-electron chi connectivity index (χ3n) is 8.52. The molecule has 3 aliphatic rings. The fourth-order valence-electron chi connectivity index (χ4n) is 6.08. The number of aromatic nitrogens is 1. The number of ether oxygens (including phenoxy) is 2. The zero-order chi connectivity index (χ0) is 32.9. The zero-order valence-corrected chi connectivity index (χ0v) is 26.3. The van der Waals surface area contributed by atoms with E-state index in [1.807, 2.05) is 0 Å². The van der Waals surface area contributed by atoms with Gasteiger partial charge >= 0.3 is 18.2 Å². The van der Waals surface area contributed by atoms with Gasteiger partial charge in [-0.1, -0.05) is 32.1 Å². The fraction of sp³-hybridized carbons (Fsp3) is 0.677. The number of pyridine rings is 1. The van der Waals surface area contributed by atoms with Gasteiger partial charge in [-0.3, -0.25) is 14.6 Å². The van der Waals surface area contributed by atoms with Crippen LogP contribution in [0.1, 0.15) is 97.2 Å². The third kappa shape index (κ3) is 8.82. The summed E-state index contributed by atoms with van der Waals surface area (Å²) in [4.78, 5) is 70.7. The van der Waals surface area contributed by atoms with E-state index in [0.717, 1.165) is 31.9 Å². The van der Waals surface area contributed by atoms with Gasteiger partial charge in [0.25, 0.3) is 0 Å². The summed E-state index contributed by atoms with van der Waals surface area (Å²) in [6.07, 6.45) is 3.75. The van der Waals surface area contributed by atoms with E-state index in [1.54, 1.807) is 27.7 Å². The average molecular weight is 634 g/mol. The number of alkyl carbamates (subject to hydrolysis) is 2. The number of halogens is 1. The highest BCUT2D eigenvalue weighted by molar-refractivity contribution is 5.96. The maximum absolute atomic E-state index is 14.0. The van der Waals surface area contributed by atoms with Gasteiger partial charge in [-0.2, -0.15) is 0 Å². The van der Waals surface area contributed by atoms with Crippen molar-refractivity contribution in [2.75, 3.05) is 6.54 Å². The third-order valence-corrected chi connectivity index (χ3v) is 8.52. The van der Waals surface area contributed by atoms with E-state index in [9.17, 15) is 33.5 Å². The molecule has 14 heteroatoms. The van der Waals surface area contributed by atoms with Crippen LogP contribution in [-0.2, 0) is 23.9 Å². The maximum Gasteiger partial charge on any atom is 0.408 e. The molecule has 2 aliphatic heterocycles. The van der Waals surface area contributed by atoms with Crippen LogP contribution in [0, 0.1) is 11.7 Å². The second-order valence-corrected chi connectivity index (χ2v) is 13.2. The highest BCUT2D eigenvalue weighted by atomic mass is 19.1. The summed E-state index contributed by atoms with van der Waals surface area (Å²) in [6.45, 7) is 6.60. The number of nitrogens with zero attached hydrogens (tertiary/aromatic N) is 2. The molecule has 6 atom stereocenters. The molecule has 4 amide bonds. The van der Waals surface area contributed by atoms with Crippen LogP contribution < -0.4 is 16.0 Å². The number of amides is 4. The molecule has 3 heterocycles. The van der Waals surface area contributed by atoms with Gasteiger partial charge in [-0.25, -0.2) is 18.8 Å². The first-order valence-electron chi connectivity index (χ1n) is 15.6. The number of fused-ring (bicyclic) bond motifs is 2. The summed E-state index contributed by atoms with van der Waals surface area (Å²) < 4.78 is 24.3. The fourth-order valence-corrected chi connectivity index (χ4v) is 6.08. The molecule has 1 aliphatic carbocycles. The Morgan fingerprint density at radius 2 is 1.80 bits per heavy atom. The van der Waals surface area contributed by atoms with Crippen LogP contribution in [0.3, 0.4) is 0 Å². The minimum Gasteiger partial charge on any atom is -0.479 e. The Kier molecular flexibility index (Phi) is 10.5. The molecule has 4 rings (SSSR count). The van der Waals surface area contributed by atoms with Crippen LogP contribution >= 0.6 is 0 Å². The summed E-state index contributed by atoms with van der Waals surface area (Å²) in [5, 5.41) is 18.0. The molecule has 4 N–H and O–H groups in total. The molecule has 0 unspecified atom stereocenters. The molecule has 13 nitrogen and oxygen atoms in total. The molecular formula is C31H44FN5O8. The Hall–Kier alpha value is -3.97. The molecule has 248 valence electrons. The monoisotopic (exact) mass is 633 g/mol. The van der Waals surface area contributed by atoms with Crippen molar-refractivity contribution in [3.63, 3.8) is 0 Å². The number of nitrogens with one attached hydrogen (secondary N) is 3. The van der Waals surface area contributed by atoms with Gasteiger partial charge in [-0.15, -0.1) is 0 Å². The summed E-state index contributed by atoms with van der Waals surface area (Å²) in [6, 6.07) is -0.137. The predicted molar refractivity (Wildman–Crippen MR) is 158 cm³/mol. The number of carboxylic acids is 1. The average Bonchev–Trinajstić information content (AvgIpc) is 3.48. The smallest absolute Gasteiger partial charge is 0.408 e. The van der Waals surface area contributed by atoms with E-state index in [0.29, 0.717) is 31.4 Å². The number of rotatable bonds is 5. The summed E-state index contributed by atoms with van der Waals surface area (Å²) in [5.74, 6) is -3.07. The number of hydrogen-bond acceptors (Lipinski definition) is 8. The highest BCUT2D eigenvalue weighted by Crippen LogP contribution is 2.47. The van der Waals surface area contributed by atoms with Crippen LogP contribution in [0.5, 0.6) is 0 Å². The molecule has 3 fully saturated rings. The molecule has 1 aromatic heterocycles. The van der Waals surface area contributed by atoms with Crippen LogP contribution in [0.2, 0.25) is 0 Å². The molecule has 45 heavy (non-hydrogen) atoms. The summed E-state index contributed by atoms with van der Waals surface area (Å²) in [7, 11) is 0. The maximum atomic E-state index is 14.0. The Balaban J connectivity index is 1.54. The van der Waals surface area contributed by atoms with Crippen molar-refractivity contribution < 1.29 is 42.9 Å². The predicted octanol–water partition coefficient (Wildman–Crippen LogP) is 3.57. The Morgan fingerprint density at radius 3 is 2.44 bits per heavy atom. The highest BCUT2D eigenvalue weighted by Gasteiger charge is 2.62. The van der Waals surface area contributed by atoms with Crippen LogP contribution in [-0.4, -0.2) is 80.8 Å². The van der Waals surface area contributed by atoms with Gasteiger partial charge in [0.15, 0.2) is 0 Å². The Labute approximate surface area is 262 Å². The van der Waals surface area contributed by atoms with Crippen molar-refractivity contribution >= 4 is 30.0 Å². The van der Waals surface area contributed by atoms with Crippen molar-refractivity contribution in [3.8, 4) is 0 Å². The number of hydrogen-bond donors (Lipinski definition) is 4. The van der Waals surface area contributed by atoms with Crippen molar-refractivity contribution in [1.29, 1.82) is 0 Å². The number of carboxylic acid groups (broad SMARTS) is 1. The first-order valence-corrected chi connectivity index (χ1v) is 15.6. The second-order valence-electron chi connectivity index (χ2n) is 13.2.